The van der Waals surface area contributed by atoms with Crippen molar-refractivity contribution in [3.05, 3.63) is 48.5 Å². The SMILES string of the molecule is O=Cc1nc(-c2ccccc2O)n2ccncc12. The second-order valence-corrected chi connectivity index (χ2v) is 3.79. The lowest BCUT2D eigenvalue weighted by Crippen LogP contribution is -1.89. The largest absolute Gasteiger partial charge is 0.507 e. The van der Waals surface area contributed by atoms with E-state index in [4.69, 9.17) is 0 Å². The van der Waals surface area contributed by atoms with Crippen LogP contribution in [-0.4, -0.2) is 25.8 Å². The number of phenolic OH excluding ortho intramolecular Hbond substituents is 1. The van der Waals surface area contributed by atoms with E-state index in [0.29, 0.717) is 28.9 Å². The Kier molecular flexibility index (Phi) is 2.30. The van der Waals surface area contributed by atoms with Crippen molar-refractivity contribution in [3.8, 4) is 17.1 Å². The van der Waals surface area contributed by atoms with Crippen LogP contribution in [0.2, 0.25) is 0 Å². The highest BCUT2D eigenvalue weighted by Crippen LogP contribution is 2.28. The third-order valence-corrected chi connectivity index (χ3v) is 2.73. The van der Waals surface area contributed by atoms with Crippen molar-refractivity contribution in [3.63, 3.8) is 0 Å². The average Bonchev–Trinajstić information content (AvgIpc) is 2.78. The molecule has 2 heterocycles. The summed E-state index contributed by atoms with van der Waals surface area (Å²) < 4.78 is 1.73. The first-order chi connectivity index (χ1) is 8.81. The monoisotopic (exact) mass is 239 g/mol. The first-order valence-corrected chi connectivity index (χ1v) is 5.37. The minimum Gasteiger partial charge on any atom is -0.507 e. The van der Waals surface area contributed by atoms with Crippen LogP contribution >= 0.6 is 0 Å². The molecule has 1 aromatic carbocycles. The van der Waals surface area contributed by atoms with E-state index in [9.17, 15) is 9.90 Å². The quantitative estimate of drug-likeness (QED) is 0.694. The normalized spacial score (nSPS) is 10.7. The fraction of sp³-hybridized carbons (Fsp3) is 0. The number of aromatic hydroxyl groups is 1. The molecule has 0 unspecified atom stereocenters. The van der Waals surface area contributed by atoms with Crippen molar-refractivity contribution < 1.29 is 9.90 Å². The Morgan fingerprint density at radius 3 is 2.89 bits per heavy atom. The molecule has 0 saturated heterocycles. The molecule has 88 valence electrons. The van der Waals surface area contributed by atoms with Crippen LogP contribution in [-0.2, 0) is 0 Å². The average molecular weight is 239 g/mol. The highest BCUT2D eigenvalue weighted by atomic mass is 16.3. The summed E-state index contributed by atoms with van der Waals surface area (Å²) in [6.07, 6.45) is 5.56. The fourth-order valence-corrected chi connectivity index (χ4v) is 1.90. The van der Waals surface area contributed by atoms with E-state index >= 15 is 0 Å². The maximum Gasteiger partial charge on any atom is 0.170 e. The second-order valence-electron chi connectivity index (χ2n) is 3.79. The van der Waals surface area contributed by atoms with Gasteiger partial charge in [0, 0.05) is 12.4 Å². The Balaban J connectivity index is 2.37. The van der Waals surface area contributed by atoms with Crippen LogP contribution in [0.5, 0.6) is 5.75 Å². The predicted molar refractivity (Wildman–Crippen MR) is 65.5 cm³/mol. The minimum absolute atomic E-state index is 0.124. The molecule has 0 radical (unpaired) electrons. The number of carbonyl (C=O) groups is 1. The van der Waals surface area contributed by atoms with Crippen LogP contribution in [0.15, 0.2) is 42.9 Å². The lowest BCUT2D eigenvalue weighted by atomic mass is 10.2. The Hall–Kier alpha value is -2.69. The molecule has 18 heavy (non-hydrogen) atoms. The van der Waals surface area contributed by atoms with Gasteiger partial charge in [-0.05, 0) is 12.1 Å². The summed E-state index contributed by atoms with van der Waals surface area (Å²) in [4.78, 5) is 19.2. The van der Waals surface area contributed by atoms with Crippen LogP contribution in [0.1, 0.15) is 10.5 Å². The Morgan fingerprint density at radius 2 is 2.11 bits per heavy atom. The van der Waals surface area contributed by atoms with Gasteiger partial charge in [0.2, 0.25) is 0 Å². The number of para-hydroxylation sites is 1. The lowest BCUT2D eigenvalue weighted by Gasteiger charge is -2.02. The first kappa shape index (κ1) is 10.5. The molecule has 0 aliphatic carbocycles. The molecule has 0 fully saturated rings. The molecule has 0 amide bonds. The summed E-state index contributed by atoms with van der Waals surface area (Å²) in [7, 11) is 0. The fourth-order valence-electron chi connectivity index (χ4n) is 1.90. The van der Waals surface area contributed by atoms with Crippen molar-refractivity contribution in [1.82, 2.24) is 14.4 Å². The zero-order valence-corrected chi connectivity index (χ0v) is 9.32. The van der Waals surface area contributed by atoms with Crippen molar-refractivity contribution in [2.24, 2.45) is 0 Å². The number of aromatic nitrogens is 3. The predicted octanol–water partition coefficient (Wildman–Crippen LogP) is 1.91. The van der Waals surface area contributed by atoms with Gasteiger partial charge in [0.25, 0.3) is 0 Å². The molecule has 0 aliphatic heterocycles. The van der Waals surface area contributed by atoms with Crippen LogP contribution in [0.25, 0.3) is 16.9 Å². The molecule has 3 aromatic rings. The summed E-state index contributed by atoms with van der Waals surface area (Å²) in [5.74, 6) is 0.645. The molecule has 0 atom stereocenters. The van der Waals surface area contributed by atoms with Gasteiger partial charge in [-0.15, -0.1) is 0 Å². The van der Waals surface area contributed by atoms with E-state index in [1.54, 1.807) is 47.3 Å². The van der Waals surface area contributed by atoms with Crippen LogP contribution in [0, 0.1) is 0 Å². The van der Waals surface area contributed by atoms with E-state index in [-0.39, 0.29) is 5.75 Å². The van der Waals surface area contributed by atoms with Gasteiger partial charge >= 0.3 is 0 Å². The number of rotatable bonds is 2. The van der Waals surface area contributed by atoms with E-state index in [0.717, 1.165) is 0 Å². The third-order valence-electron chi connectivity index (χ3n) is 2.73. The lowest BCUT2D eigenvalue weighted by molar-refractivity contribution is 0.112. The summed E-state index contributed by atoms with van der Waals surface area (Å²) in [5, 5.41) is 9.85. The van der Waals surface area contributed by atoms with Crippen LogP contribution < -0.4 is 0 Å². The van der Waals surface area contributed by atoms with Gasteiger partial charge in [0.05, 0.1) is 17.3 Å². The molecular formula is C13H9N3O2. The number of benzene rings is 1. The van der Waals surface area contributed by atoms with E-state index in [1.165, 1.54) is 0 Å². The molecule has 0 spiro atoms. The van der Waals surface area contributed by atoms with Gasteiger partial charge in [0.15, 0.2) is 6.29 Å². The zero-order chi connectivity index (χ0) is 12.5. The molecule has 0 bridgehead atoms. The van der Waals surface area contributed by atoms with Gasteiger partial charge in [0.1, 0.15) is 17.3 Å². The maximum atomic E-state index is 11.0. The van der Waals surface area contributed by atoms with Gasteiger partial charge < -0.3 is 5.11 Å². The number of hydrogen-bond donors (Lipinski definition) is 1. The van der Waals surface area contributed by atoms with Gasteiger partial charge in [-0.3, -0.25) is 14.2 Å². The number of imidazole rings is 1. The minimum atomic E-state index is 0.124. The molecule has 0 aliphatic rings. The smallest absolute Gasteiger partial charge is 0.170 e. The second kappa shape index (κ2) is 3.96. The van der Waals surface area contributed by atoms with Crippen LogP contribution in [0.3, 0.4) is 0 Å². The third kappa shape index (κ3) is 1.45. The molecular weight excluding hydrogens is 230 g/mol. The van der Waals surface area contributed by atoms with Crippen molar-refractivity contribution in [1.29, 1.82) is 0 Å². The van der Waals surface area contributed by atoms with E-state index in [2.05, 4.69) is 9.97 Å². The summed E-state index contributed by atoms with van der Waals surface area (Å²) in [6.45, 7) is 0. The molecule has 2 aromatic heterocycles. The van der Waals surface area contributed by atoms with Gasteiger partial charge in [-0.1, -0.05) is 12.1 Å². The van der Waals surface area contributed by atoms with Crippen molar-refractivity contribution >= 4 is 11.8 Å². The van der Waals surface area contributed by atoms with Crippen LogP contribution in [0.4, 0.5) is 0 Å². The highest BCUT2D eigenvalue weighted by molar-refractivity contribution is 5.86. The topological polar surface area (TPSA) is 67.5 Å². The Morgan fingerprint density at radius 1 is 1.28 bits per heavy atom. The molecule has 0 saturated carbocycles. The molecule has 5 nitrogen and oxygen atoms in total. The standard InChI is InChI=1S/C13H9N3O2/c17-8-10-11-7-14-5-6-16(11)13(15-10)9-3-1-2-4-12(9)18/h1-8,18H. The molecule has 3 rings (SSSR count). The summed E-state index contributed by atoms with van der Waals surface area (Å²) in [6, 6.07) is 6.87. The number of aldehydes is 1. The first-order valence-electron chi connectivity index (χ1n) is 5.37. The number of fused-ring (bicyclic) bond motifs is 1. The summed E-state index contributed by atoms with van der Waals surface area (Å²) >= 11 is 0. The molecule has 5 heteroatoms. The summed E-state index contributed by atoms with van der Waals surface area (Å²) in [5.41, 5.74) is 1.50. The highest BCUT2D eigenvalue weighted by Gasteiger charge is 2.14. The number of phenols is 1. The van der Waals surface area contributed by atoms with Gasteiger partial charge in [-0.2, -0.15) is 0 Å². The number of nitrogens with zero attached hydrogens (tertiary/aromatic N) is 3. The Bertz CT molecular complexity index is 734. The molecule has 1 N–H and O–H groups in total. The number of carbonyl (C=O) groups excluding carboxylic acids is 1. The van der Waals surface area contributed by atoms with E-state index in [1.807, 2.05) is 0 Å². The van der Waals surface area contributed by atoms with Crippen molar-refractivity contribution in [2.75, 3.05) is 0 Å². The van der Waals surface area contributed by atoms with E-state index < -0.39 is 0 Å². The zero-order valence-electron chi connectivity index (χ0n) is 9.32. The maximum absolute atomic E-state index is 11.0. The number of hydrogen-bond acceptors (Lipinski definition) is 4. The Labute approximate surface area is 102 Å². The van der Waals surface area contributed by atoms with Gasteiger partial charge in [-0.25, -0.2) is 4.98 Å². The van der Waals surface area contributed by atoms with Crippen molar-refractivity contribution in [2.45, 2.75) is 0 Å².